The zero-order chi connectivity index (χ0) is 15.4. The van der Waals surface area contributed by atoms with Gasteiger partial charge in [-0.2, -0.15) is 0 Å². The lowest BCUT2D eigenvalue weighted by Crippen LogP contribution is -2.42. The number of nitrogens with one attached hydrogen (secondary N) is 1. The van der Waals surface area contributed by atoms with E-state index in [0.717, 1.165) is 38.5 Å². The lowest BCUT2D eigenvalue weighted by atomic mass is 10.1. The first-order chi connectivity index (χ1) is 10.8. The van der Waals surface area contributed by atoms with E-state index in [1.807, 2.05) is 0 Å². The second-order valence-electron chi connectivity index (χ2n) is 7.05. The number of carbonyl (C=O) groups is 2. The Balaban J connectivity index is 1.63. The zero-order valence-corrected chi connectivity index (χ0v) is 13.5. The van der Waals surface area contributed by atoms with Gasteiger partial charge in [0.25, 0.3) is 11.8 Å². The molecule has 4 heteroatoms. The number of amides is 2. The summed E-state index contributed by atoms with van der Waals surface area (Å²) >= 11 is 0. The third kappa shape index (κ3) is 3.53. The zero-order valence-electron chi connectivity index (χ0n) is 13.5. The molecule has 1 N–H and O–H groups in total. The first-order valence-electron chi connectivity index (χ1n) is 9.11. The van der Waals surface area contributed by atoms with Gasteiger partial charge in [0, 0.05) is 18.2 Å². The largest absolute Gasteiger partial charge is 0.378 e. The Labute approximate surface area is 133 Å². The highest BCUT2D eigenvalue weighted by Crippen LogP contribution is 2.26. The Morgan fingerprint density at radius 3 is 1.95 bits per heavy atom. The van der Waals surface area contributed by atoms with E-state index >= 15 is 0 Å². The van der Waals surface area contributed by atoms with Crippen molar-refractivity contribution >= 4 is 11.8 Å². The average Bonchev–Trinajstić information content (AvgIpc) is 2.80. The van der Waals surface area contributed by atoms with Crippen molar-refractivity contribution in [3.05, 3.63) is 11.8 Å². The summed E-state index contributed by atoms with van der Waals surface area (Å²) in [4.78, 5) is 26.5. The van der Waals surface area contributed by atoms with E-state index in [2.05, 4.69) is 5.32 Å². The molecule has 0 aromatic rings. The fourth-order valence-corrected chi connectivity index (χ4v) is 4.09. The molecular weight excluding hydrogens is 276 g/mol. The van der Waals surface area contributed by atoms with E-state index in [1.54, 1.807) is 0 Å². The van der Waals surface area contributed by atoms with Gasteiger partial charge in [0.15, 0.2) is 0 Å². The summed E-state index contributed by atoms with van der Waals surface area (Å²) in [5, 5.41) is 3.37. The average molecular weight is 304 g/mol. The molecule has 0 aromatic heterocycles. The standard InChI is InChI=1S/C18H28N2O2/c21-17-13-16(19-14-9-5-1-2-6-10-14)18(22)20(17)15-11-7-3-4-8-12-15/h13-15,19H,1-12H2. The number of imide groups is 1. The van der Waals surface area contributed by atoms with Gasteiger partial charge in [-0.15, -0.1) is 0 Å². The molecule has 0 saturated heterocycles. The summed E-state index contributed by atoms with van der Waals surface area (Å²) < 4.78 is 0. The number of hydrogen-bond donors (Lipinski definition) is 1. The highest BCUT2D eigenvalue weighted by molar-refractivity contribution is 6.16. The highest BCUT2D eigenvalue weighted by Gasteiger charge is 2.37. The fourth-order valence-electron chi connectivity index (χ4n) is 4.09. The Morgan fingerprint density at radius 2 is 1.36 bits per heavy atom. The van der Waals surface area contributed by atoms with Crippen LogP contribution in [0.2, 0.25) is 0 Å². The van der Waals surface area contributed by atoms with Crippen LogP contribution in [-0.2, 0) is 9.59 Å². The van der Waals surface area contributed by atoms with Crippen molar-refractivity contribution in [2.75, 3.05) is 0 Å². The smallest absolute Gasteiger partial charge is 0.277 e. The minimum absolute atomic E-state index is 0.0823. The number of carbonyl (C=O) groups excluding carboxylic acids is 2. The highest BCUT2D eigenvalue weighted by atomic mass is 16.2. The predicted molar refractivity (Wildman–Crippen MR) is 86.1 cm³/mol. The van der Waals surface area contributed by atoms with E-state index in [4.69, 9.17) is 0 Å². The molecule has 0 bridgehead atoms. The maximum absolute atomic E-state index is 12.7. The van der Waals surface area contributed by atoms with Crippen LogP contribution in [0.4, 0.5) is 0 Å². The van der Waals surface area contributed by atoms with Crippen LogP contribution in [0.1, 0.15) is 77.0 Å². The van der Waals surface area contributed by atoms with Gasteiger partial charge < -0.3 is 5.32 Å². The molecule has 3 aliphatic rings. The molecule has 22 heavy (non-hydrogen) atoms. The van der Waals surface area contributed by atoms with Crippen molar-refractivity contribution in [2.24, 2.45) is 0 Å². The molecule has 1 aliphatic heterocycles. The van der Waals surface area contributed by atoms with E-state index in [-0.39, 0.29) is 17.9 Å². The molecular formula is C18H28N2O2. The summed E-state index contributed by atoms with van der Waals surface area (Å²) in [6.45, 7) is 0. The molecule has 0 unspecified atom stereocenters. The van der Waals surface area contributed by atoms with E-state index in [9.17, 15) is 9.59 Å². The molecule has 0 radical (unpaired) electrons. The maximum Gasteiger partial charge on any atom is 0.277 e. The van der Waals surface area contributed by atoms with Gasteiger partial charge >= 0.3 is 0 Å². The van der Waals surface area contributed by atoms with Crippen LogP contribution in [0.3, 0.4) is 0 Å². The van der Waals surface area contributed by atoms with Crippen LogP contribution in [0.5, 0.6) is 0 Å². The van der Waals surface area contributed by atoms with Crippen molar-refractivity contribution in [2.45, 2.75) is 89.1 Å². The van der Waals surface area contributed by atoms with Crippen molar-refractivity contribution in [1.29, 1.82) is 0 Å². The Kier molecular flexibility index (Phi) is 5.16. The monoisotopic (exact) mass is 304 g/mol. The van der Waals surface area contributed by atoms with Crippen LogP contribution in [-0.4, -0.2) is 28.8 Å². The molecule has 4 nitrogen and oxygen atoms in total. The van der Waals surface area contributed by atoms with Crippen LogP contribution in [0.15, 0.2) is 11.8 Å². The topological polar surface area (TPSA) is 49.4 Å². The molecule has 0 atom stereocenters. The summed E-state index contributed by atoms with van der Waals surface area (Å²) in [7, 11) is 0. The Hall–Kier alpha value is -1.32. The summed E-state index contributed by atoms with van der Waals surface area (Å²) in [6.07, 6.45) is 15.5. The summed E-state index contributed by atoms with van der Waals surface area (Å²) in [6, 6.07) is 0.478. The van der Waals surface area contributed by atoms with Gasteiger partial charge in [-0.05, 0) is 25.7 Å². The lowest BCUT2D eigenvalue weighted by molar-refractivity contribution is -0.140. The molecule has 2 amide bonds. The van der Waals surface area contributed by atoms with Crippen LogP contribution in [0.25, 0.3) is 0 Å². The second-order valence-corrected chi connectivity index (χ2v) is 7.05. The van der Waals surface area contributed by atoms with Crippen molar-refractivity contribution < 1.29 is 9.59 Å². The second kappa shape index (κ2) is 7.30. The van der Waals surface area contributed by atoms with Gasteiger partial charge in [0.1, 0.15) is 5.70 Å². The molecule has 0 aromatic carbocycles. The number of rotatable bonds is 3. The minimum atomic E-state index is -0.104. The first-order valence-corrected chi connectivity index (χ1v) is 9.11. The molecule has 3 rings (SSSR count). The van der Waals surface area contributed by atoms with Gasteiger partial charge in [-0.3, -0.25) is 14.5 Å². The van der Waals surface area contributed by atoms with Crippen molar-refractivity contribution in [3.63, 3.8) is 0 Å². The van der Waals surface area contributed by atoms with Crippen LogP contribution >= 0.6 is 0 Å². The Bertz CT molecular complexity index is 442. The number of hydrogen-bond acceptors (Lipinski definition) is 3. The molecule has 2 saturated carbocycles. The predicted octanol–water partition coefficient (Wildman–Crippen LogP) is 3.27. The SMILES string of the molecule is O=C1C=C(NC2CCCCCC2)C(=O)N1C1CCCCCC1. The molecule has 2 fully saturated rings. The maximum atomic E-state index is 12.7. The van der Waals surface area contributed by atoms with E-state index in [0.29, 0.717) is 11.7 Å². The minimum Gasteiger partial charge on any atom is -0.378 e. The first kappa shape index (κ1) is 15.6. The quantitative estimate of drug-likeness (QED) is 0.643. The van der Waals surface area contributed by atoms with Gasteiger partial charge in [0.2, 0.25) is 0 Å². The summed E-state index contributed by atoms with van der Waals surface area (Å²) in [5.74, 6) is -0.186. The van der Waals surface area contributed by atoms with Gasteiger partial charge in [-0.1, -0.05) is 51.4 Å². The lowest BCUT2D eigenvalue weighted by Gasteiger charge is -2.26. The molecule has 2 aliphatic carbocycles. The van der Waals surface area contributed by atoms with Gasteiger partial charge in [-0.25, -0.2) is 0 Å². The van der Waals surface area contributed by atoms with Crippen molar-refractivity contribution in [3.8, 4) is 0 Å². The normalized spacial score (nSPS) is 25.8. The van der Waals surface area contributed by atoms with Crippen molar-refractivity contribution in [1.82, 2.24) is 10.2 Å². The molecule has 1 heterocycles. The Morgan fingerprint density at radius 1 is 0.818 bits per heavy atom. The van der Waals surface area contributed by atoms with Gasteiger partial charge in [0.05, 0.1) is 0 Å². The third-order valence-electron chi connectivity index (χ3n) is 5.36. The van der Waals surface area contributed by atoms with E-state index < -0.39 is 0 Å². The summed E-state index contributed by atoms with van der Waals surface area (Å²) in [5.41, 5.74) is 0.543. The third-order valence-corrected chi connectivity index (χ3v) is 5.36. The van der Waals surface area contributed by atoms with E-state index in [1.165, 1.54) is 49.5 Å². The molecule has 122 valence electrons. The number of nitrogens with zero attached hydrogens (tertiary/aromatic N) is 1. The van der Waals surface area contributed by atoms with Crippen LogP contribution in [0, 0.1) is 0 Å². The molecule has 0 spiro atoms. The fraction of sp³-hybridized carbons (Fsp3) is 0.778. The van der Waals surface area contributed by atoms with Crippen LogP contribution < -0.4 is 5.32 Å².